The van der Waals surface area contributed by atoms with Crippen molar-refractivity contribution in [2.75, 3.05) is 25.1 Å². The van der Waals surface area contributed by atoms with Gasteiger partial charge in [0, 0.05) is 18.9 Å². The Hall–Kier alpha value is -0.890. The van der Waals surface area contributed by atoms with Crippen molar-refractivity contribution >= 4 is 21.9 Å². The molecule has 1 rings (SSSR count). The Kier molecular flexibility index (Phi) is 4.94. The lowest BCUT2D eigenvalue weighted by atomic mass is 10.6. The highest BCUT2D eigenvalue weighted by molar-refractivity contribution is 9.10. The summed E-state index contributed by atoms with van der Waals surface area (Å²) >= 11 is 3.16. The normalized spacial score (nSPS) is 11.5. The quantitative estimate of drug-likeness (QED) is 0.847. The molecule has 16 heavy (non-hydrogen) atoms. The predicted molar refractivity (Wildman–Crippen MR) is 55.1 cm³/mol. The number of aromatic nitrogens is 2. The molecule has 1 aromatic heterocycles. The average molecular weight is 300 g/mol. The second-order valence-corrected chi connectivity index (χ2v) is 3.74. The number of nitrogens with zero attached hydrogens (tertiary/aromatic N) is 2. The summed E-state index contributed by atoms with van der Waals surface area (Å²) in [5, 5.41) is 2.72. The molecular formula is C8H9BrF3N3O. The fourth-order valence-electron chi connectivity index (χ4n) is 0.826. The fraction of sp³-hybridized carbons (Fsp3) is 0.500. The second kappa shape index (κ2) is 6.00. The minimum atomic E-state index is -4.28. The van der Waals surface area contributed by atoms with Gasteiger partial charge in [-0.1, -0.05) is 0 Å². The van der Waals surface area contributed by atoms with E-state index in [1.165, 1.54) is 12.4 Å². The summed E-state index contributed by atoms with van der Waals surface area (Å²) in [6.07, 6.45) is -1.22. The molecule has 0 spiro atoms. The third-order valence-electron chi connectivity index (χ3n) is 1.42. The molecule has 0 radical (unpaired) electrons. The molecule has 0 aliphatic rings. The Morgan fingerprint density at radius 2 is 1.94 bits per heavy atom. The van der Waals surface area contributed by atoms with Crippen LogP contribution in [0.3, 0.4) is 0 Å². The number of alkyl halides is 3. The van der Waals surface area contributed by atoms with Crippen LogP contribution in [0.2, 0.25) is 0 Å². The van der Waals surface area contributed by atoms with Gasteiger partial charge in [0.15, 0.2) is 0 Å². The molecule has 0 saturated heterocycles. The molecule has 0 fully saturated rings. The zero-order chi connectivity index (χ0) is 12.0. The van der Waals surface area contributed by atoms with Crippen LogP contribution in [0.5, 0.6) is 0 Å². The van der Waals surface area contributed by atoms with E-state index in [1.807, 2.05) is 0 Å². The van der Waals surface area contributed by atoms with Gasteiger partial charge in [-0.25, -0.2) is 9.97 Å². The lowest BCUT2D eigenvalue weighted by molar-refractivity contribution is -0.172. The molecule has 1 aromatic rings. The molecule has 0 amide bonds. The van der Waals surface area contributed by atoms with Crippen LogP contribution in [-0.4, -0.2) is 35.9 Å². The highest BCUT2D eigenvalue weighted by Crippen LogP contribution is 2.14. The van der Waals surface area contributed by atoms with Crippen LogP contribution in [-0.2, 0) is 4.74 Å². The Bertz CT molecular complexity index is 317. The molecule has 0 atom stereocenters. The van der Waals surface area contributed by atoms with Crippen molar-refractivity contribution in [2.24, 2.45) is 0 Å². The van der Waals surface area contributed by atoms with Crippen molar-refractivity contribution in [3.8, 4) is 0 Å². The molecule has 0 unspecified atom stereocenters. The minimum Gasteiger partial charge on any atom is -0.370 e. The summed E-state index contributed by atoms with van der Waals surface area (Å²) in [6, 6.07) is 0. The minimum absolute atomic E-state index is 0.0566. The SMILES string of the molecule is FC(F)(F)COCCNc1ncc(Br)cn1. The van der Waals surface area contributed by atoms with Crippen LogP contribution in [0.15, 0.2) is 16.9 Å². The van der Waals surface area contributed by atoms with Crippen LogP contribution in [0.4, 0.5) is 19.1 Å². The van der Waals surface area contributed by atoms with Crippen molar-refractivity contribution in [1.29, 1.82) is 0 Å². The van der Waals surface area contributed by atoms with Gasteiger partial charge >= 0.3 is 6.18 Å². The van der Waals surface area contributed by atoms with Crippen molar-refractivity contribution in [1.82, 2.24) is 9.97 Å². The van der Waals surface area contributed by atoms with Gasteiger partial charge in [-0.2, -0.15) is 13.2 Å². The first-order valence-electron chi connectivity index (χ1n) is 4.33. The van der Waals surface area contributed by atoms with Crippen LogP contribution < -0.4 is 5.32 Å². The smallest absolute Gasteiger partial charge is 0.370 e. The molecule has 8 heteroatoms. The van der Waals surface area contributed by atoms with E-state index in [4.69, 9.17) is 0 Å². The van der Waals surface area contributed by atoms with Crippen LogP contribution in [0.25, 0.3) is 0 Å². The number of anilines is 1. The van der Waals surface area contributed by atoms with Crippen molar-refractivity contribution in [3.05, 3.63) is 16.9 Å². The third-order valence-corrected chi connectivity index (χ3v) is 1.83. The van der Waals surface area contributed by atoms with Crippen molar-refractivity contribution in [2.45, 2.75) is 6.18 Å². The molecule has 0 aliphatic carbocycles. The summed E-state index contributed by atoms with van der Waals surface area (Å²) in [5.41, 5.74) is 0. The number of halogens is 4. The molecule has 0 bridgehead atoms. The van der Waals surface area contributed by atoms with E-state index in [1.54, 1.807) is 0 Å². The number of ether oxygens (including phenoxy) is 1. The summed E-state index contributed by atoms with van der Waals surface area (Å²) in [4.78, 5) is 7.76. The summed E-state index contributed by atoms with van der Waals surface area (Å²) in [6.45, 7) is -1.08. The first-order valence-corrected chi connectivity index (χ1v) is 5.12. The predicted octanol–water partition coefficient (Wildman–Crippen LogP) is 2.23. The van der Waals surface area contributed by atoms with E-state index >= 15 is 0 Å². The highest BCUT2D eigenvalue weighted by Gasteiger charge is 2.27. The van der Waals surface area contributed by atoms with E-state index < -0.39 is 12.8 Å². The van der Waals surface area contributed by atoms with E-state index in [2.05, 4.69) is 36.0 Å². The maximum absolute atomic E-state index is 11.7. The lowest BCUT2D eigenvalue weighted by Gasteiger charge is -2.08. The van der Waals surface area contributed by atoms with E-state index in [9.17, 15) is 13.2 Å². The average Bonchev–Trinajstić information content (AvgIpc) is 2.19. The number of hydrogen-bond acceptors (Lipinski definition) is 4. The molecule has 1 heterocycles. The van der Waals surface area contributed by atoms with E-state index in [-0.39, 0.29) is 13.2 Å². The van der Waals surface area contributed by atoms with Gasteiger partial charge in [0.25, 0.3) is 0 Å². The monoisotopic (exact) mass is 299 g/mol. The van der Waals surface area contributed by atoms with Gasteiger partial charge < -0.3 is 10.1 Å². The number of nitrogens with one attached hydrogen (secondary N) is 1. The largest absolute Gasteiger partial charge is 0.411 e. The molecule has 4 nitrogen and oxygen atoms in total. The van der Waals surface area contributed by atoms with Crippen LogP contribution >= 0.6 is 15.9 Å². The standard InChI is InChI=1S/C8H9BrF3N3O/c9-6-3-14-7(15-4-6)13-1-2-16-5-8(10,11)12/h3-4H,1-2,5H2,(H,13,14,15). The Morgan fingerprint density at radius 3 is 2.50 bits per heavy atom. The zero-order valence-electron chi connectivity index (χ0n) is 8.09. The summed E-state index contributed by atoms with van der Waals surface area (Å²) < 4.78 is 40.1. The van der Waals surface area contributed by atoms with E-state index in [0.29, 0.717) is 5.95 Å². The highest BCUT2D eigenvalue weighted by atomic mass is 79.9. The van der Waals surface area contributed by atoms with Crippen LogP contribution in [0.1, 0.15) is 0 Å². The first-order chi connectivity index (χ1) is 7.47. The third kappa shape index (κ3) is 5.86. The van der Waals surface area contributed by atoms with E-state index in [0.717, 1.165) is 4.47 Å². The van der Waals surface area contributed by atoms with Gasteiger partial charge in [-0.05, 0) is 15.9 Å². The van der Waals surface area contributed by atoms with Crippen molar-refractivity contribution in [3.63, 3.8) is 0 Å². The number of hydrogen-bond donors (Lipinski definition) is 1. The molecule has 90 valence electrons. The zero-order valence-corrected chi connectivity index (χ0v) is 9.68. The Labute approximate surface area is 98.4 Å². The summed E-state index contributed by atoms with van der Waals surface area (Å²) in [7, 11) is 0. The van der Waals surface area contributed by atoms with Gasteiger partial charge in [0.2, 0.25) is 5.95 Å². The molecular weight excluding hydrogens is 291 g/mol. The second-order valence-electron chi connectivity index (χ2n) is 2.82. The first kappa shape index (κ1) is 13.2. The number of rotatable bonds is 5. The fourth-order valence-corrected chi connectivity index (χ4v) is 1.03. The van der Waals surface area contributed by atoms with Gasteiger partial charge in [-0.3, -0.25) is 0 Å². The maximum atomic E-state index is 11.7. The molecule has 0 saturated carbocycles. The van der Waals surface area contributed by atoms with Crippen LogP contribution in [0, 0.1) is 0 Å². The maximum Gasteiger partial charge on any atom is 0.411 e. The van der Waals surface area contributed by atoms with Crippen molar-refractivity contribution < 1.29 is 17.9 Å². The van der Waals surface area contributed by atoms with Gasteiger partial charge in [0.1, 0.15) is 6.61 Å². The molecule has 0 aromatic carbocycles. The molecule has 1 N–H and O–H groups in total. The topological polar surface area (TPSA) is 47.0 Å². The Morgan fingerprint density at radius 1 is 1.31 bits per heavy atom. The lowest BCUT2D eigenvalue weighted by Crippen LogP contribution is -2.20. The van der Waals surface area contributed by atoms with Gasteiger partial charge in [-0.15, -0.1) is 0 Å². The summed E-state index contributed by atoms with van der Waals surface area (Å²) in [5.74, 6) is 0.346. The Balaban J connectivity index is 2.14. The molecule has 0 aliphatic heterocycles. The van der Waals surface area contributed by atoms with Gasteiger partial charge in [0.05, 0.1) is 11.1 Å².